The molecular weight excluding hydrogens is 495 g/mol. The number of hydrogen-bond donors (Lipinski definition) is 4. The minimum Gasteiger partial charge on any atom is -0.407 e. The molecular formula is C29H35BN4O5. The monoisotopic (exact) mass is 530 g/mol. The average molecular weight is 530 g/mol. The highest BCUT2D eigenvalue weighted by Gasteiger charge is 2.31. The topological polar surface area (TPSA) is 122 Å². The number of benzene rings is 3. The number of urea groups is 1. The molecule has 0 aliphatic heterocycles. The van der Waals surface area contributed by atoms with Crippen LogP contribution in [0.1, 0.15) is 63.7 Å². The molecule has 3 aromatic rings. The Morgan fingerprint density at radius 2 is 1.36 bits per heavy atom. The first-order valence-electron chi connectivity index (χ1n) is 12.5. The van der Waals surface area contributed by atoms with Crippen molar-refractivity contribution < 1.29 is 24.4 Å². The fraction of sp³-hybridized carbons (Fsp3) is 0.276. The molecule has 4 N–H and O–H groups in total. The SMILES string of the molecule is Cc1ccc(N(B(O)O)C(=O)Nc2cc(C(=O)NN(C(=O)c3cc(C)cc(C)c3)C(C)(C)C)ccc2C)cc1. The molecule has 0 bridgehead atoms. The molecule has 9 nitrogen and oxygen atoms in total. The van der Waals surface area contributed by atoms with Crippen molar-refractivity contribution in [3.8, 4) is 0 Å². The molecule has 39 heavy (non-hydrogen) atoms. The van der Waals surface area contributed by atoms with E-state index in [-0.39, 0.29) is 17.2 Å². The van der Waals surface area contributed by atoms with E-state index in [1.54, 1.807) is 55.5 Å². The van der Waals surface area contributed by atoms with E-state index < -0.39 is 24.7 Å². The lowest BCUT2D eigenvalue weighted by Gasteiger charge is -2.35. The van der Waals surface area contributed by atoms with Gasteiger partial charge in [0.05, 0.1) is 5.54 Å². The number of aryl methyl sites for hydroxylation is 4. The molecule has 0 spiro atoms. The fourth-order valence-electron chi connectivity index (χ4n) is 4.05. The number of carbonyl (C=O) groups excluding carboxylic acids is 3. The van der Waals surface area contributed by atoms with E-state index in [4.69, 9.17) is 0 Å². The number of nitrogens with zero attached hydrogens (tertiary/aromatic N) is 2. The van der Waals surface area contributed by atoms with Crippen LogP contribution in [-0.2, 0) is 0 Å². The average Bonchev–Trinajstić information content (AvgIpc) is 2.83. The van der Waals surface area contributed by atoms with Crippen LogP contribution in [0, 0.1) is 27.7 Å². The number of carbonyl (C=O) groups is 3. The number of hydrogen-bond acceptors (Lipinski definition) is 5. The van der Waals surface area contributed by atoms with Gasteiger partial charge in [-0.05, 0) is 90.4 Å². The van der Waals surface area contributed by atoms with E-state index in [0.29, 0.717) is 16.8 Å². The number of anilines is 2. The van der Waals surface area contributed by atoms with Gasteiger partial charge in [-0.15, -0.1) is 0 Å². The van der Waals surface area contributed by atoms with Gasteiger partial charge in [0.1, 0.15) is 0 Å². The molecule has 0 saturated carbocycles. The van der Waals surface area contributed by atoms with Crippen LogP contribution >= 0.6 is 0 Å². The standard InChI is InChI=1S/C29H35BN4O5/c1-18-8-12-24(13-9-18)33(30(38)39)28(37)31-25-17-22(11-10-21(25)4)26(35)32-34(29(5,6)7)27(36)23-15-19(2)14-20(3)16-23/h8-17,38-39H,1-7H3,(H,31,37)(H,32,35). The highest BCUT2D eigenvalue weighted by atomic mass is 16.4. The Bertz CT molecular complexity index is 1360. The van der Waals surface area contributed by atoms with Crippen molar-refractivity contribution >= 4 is 36.5 Å². The van der Waals surface area contributed by atoms with Crippen LogP contribution in [0.25, 0.3) is 0 Å². The Kier molecular flexibility index (Phi) is 8.83. The molecule has 0 unspecified atom stereocenters. The number of amides is 4. The van der Waals surface area contributed by atoms with Crippen LogP contribution < -0.4 is 15.6 Å². The maximum atomic E-state index is 13.4. The summed E-state index contributed by atoms with van der Waals surface area (Å²) in [5.41, 5.74) is 6.69. The summed E-state index contributed by atoms with van der Waals surface area (Å²) in [6.45, 7) is 12.9. The highest BCUT2D eigenvalue weighted by Crippen LogP contribution is 2.22. The molecule has 0 aliphatic carbocycles. The summed E-state index contributed by atoms with van der Waals surface area (Å²) in [6.07, 6.45) is 0. The Balaban J connectivity index is 1.86. The van der Waals surface area contributed by atoms with Crippen LogP contribution in [0.2, 0.25) is 0 Å². The van der Waals surface area contributed by atoms with Crippen molar-refractivity contribution in [3.63, 3.8) is 0 Å². The number of hydrazine groups is 1. The van der Waals surface area contributed by atoms with Crippen LogP contribution in [0.15, 0.2) is 60.7 Å². The summed E-state index contributed by atoms with van der Waals surface area (Å²) < 4.78 is 0. The van der Waals surface area contributed by atoms with Crippen molar-refractivity contribution in [2.24, 2.45) is 0 Å². The van der Waals surface area contributed by atoms with E-state index in [9.17, 15) is 24.4 Å². The van der Waals surface area contributed by atoms with Gasteiger partial charge >= 0.3 is 13.3 Å². The minimum absolute atomic E-state index is 0.199. The molecule has 0 atom stereocenters. The molecule has 0 aromatic heterocycles. The van der Waals surface area contributed by atoms with Crippen LogP contribution in [0.3, 0.4) is 0 Å². The van der Waals surface area contributed by atoms with Crippen LogP contribution in [0.5, 0.6) is 0 Å². The largest absolute Gasteiger partial charge is 0.596 e. The molecule has 0 saturated heterocycles. The first kappa shape index (κ1) is 29.4. The van der Waals surface area contributed by atoms with Crippen LogP contribution in [-0.4, -0.2) is 45.7 Å². The van der Waals surface area contributed by atoms with E-state index in [1.807, 2.05) is 47.6 Å². The lowest BCUT2D eigenvalue weighted by molar-refractivity contribution is 0.0358. The normalized spacial score (nSPS) is 11.0. The quantitative estimate of drug-likeness (QED) is 0.286. The fourth-order valence-corrected chi connectivity index (χ4v) is 4.05. The Morgan fingerprint density at radius 3 is 1.90 bits per heavy atom. The van der Waals surface area contributed by atoms with Crippen molar-refractivity contribution in [1.82, 2.24) is 10.4 Å². The molecule has 0 heterocycles. The van der Waals surface area contributed by atoms with E-state index in [0.717, 1.165) is 21.5 Å². The molecule has 0 radical (unpaired) electrons. The summed E-state index contributed by atoms with van der Waals surface area (Å²) in [7, 11) is -2.09. The third-order valence-corrected chi connectivity index (χ3v) is 6.06. The predicted octanol–water partition coefficient (Wildman–Crippen LogP) is 4.51. The molecule has 3 rings (SSSR count). The minimum atomic E-state index is -2.09. The summed E-state index contributed by atoms with van der Waals surface area (Å²) in [4.78, 5) is 40.5. The predicted molar refractivity (Wildman–Crippen MR) is 153 cm³/mol. The van der Waals surface area contributed by atoms with E-state index in [1.165, 1.54) is 11.1 Å². The van der Waals surface area contributed by atoms with Crippen molar-refractivity contribution in [1.29, 1.82) is 0 Å². The second-order valence-corrected chi connectivity index (χ2v) is 10.6. The smallest absolute Gasteiger partial charge is 0.407 e. The van der Waals surface area contributed by atoms with Gasteiger partial charge in [0, 0.05) is 22.5 Å². The van der Waals surface area contributed by atoms with Crippen molar-refractivity contribution in [3.05, 3.63) is 94.0 Å². The zero-order valence-corrected chi connectivity index (χ0v) is 23.4. The highest BCUT2D eigenvalue weighted by molar-refractivity contribution is 6.54. The van der Waals surface area contributed by atoms with Gasteiger partial charge in [0.15, 0.2) is 0 Å². The molecule has 4 amide bonds. The first-order valence-corrected chi connectivity index (χ1v) is 12.5. The van der Waals surface area contributed by atoms with Gasteiger partial charge in [0.2, 0.25) is 0 Å². The third kappa shape index (κ3) is 7.25. The Labute approximate surface area is 229 Å². The molecule has 3 aromatic carbocycles. The maximum absolute atomic E-state index is 13.4. The lowest BCUT2D eigenvalue weighted by atomic mass is 10.0. The second kappa shape index (κ2) is 11.7. The van der Waals surface area contributed by atoms with Gasteiger partial charge in [-0.25, -0.2) is 9.80 Å². The maximum Gasteiger partial charge on any atom is 0.596 e. The molecule has 0 aliphatic rings. The van der Waals surface area contributed by atoms with Crippen molar-refractivity contribution in [2.45, 2.75) is 54.0 Å². The summed E-state index contributed by atoms with van der Waals surface area (Å²) in [6, 6.07) is 16.1. The van der Waals surface area contributed by atoms with Gasteiger partial charge < -0.3 is 15.4 Å². The zero-order chi connectivity index (χ0) is 29.1. The summed E-state index contributed by atoms with van der Waals surface area (Å²) in [5.74, 6) is -0.898. The molecule has 0 fully saturated rings. The van der Waals surface area contributed by atoms with Crippen LogP contribution in [0.4, 0.5) is 16.2 Å². The Hall–Kier alpha value is -4.15. The van der Waals surface area contributed by atoms with E-state index >= 15 is 0 Å². The first-order chi connectivity index (χ1) is 18.2. The van der Waals surface area contributed by atoms with Gasteiger partial charge in [0.25, 0.3) is 11.8 Å². The molecule has 10 heteroatoms. The van der Waals surface area contributed by atoms with Crippen molar-refractivity contribution in [2.75, 3.05) is 10.1 Å². The van der Waals surface area contributed by atoms with Gasteiger partial charge in [-0.2, -0.15) is 0 Å². The third-order valence-electron chi connectivity index (χ3n) is 6.06. The summed E-state index contributed by atoms with van der Waals surface area (Å²) in [5, 5.41) is 23.7. The molecule has 204 valence electrons. The van der Waals surface area contributed by atoms with E-state index in [2.05, 4.69) is 10.7 Å². The zero-order valence-electron chi connectivity index (χ0n) is 23.4. The van der Waals surface area contributed by atoms with Gasteiger partial charge in [-0.1, -0.05) is 41.0 Å². The summed E-state index contributed by atoms with van der Waals surface area (Å²) >= 11 is 0. The second-order valence-electron chi connectivity index (χ2n) is 10.6. The lowest BCUT2D eigenvalue weighted by Crippen LogP contribution is -2.55. The Morgan fingerprint density at radius 1 is 0.769 bits per heavy atom. The number of nitrogens with one attached hydrogen (secondary N) is 2. The number of rotatable bonds is 5. The van der Waals surface area contributed by atoms with Gasteiger partial charge in [-0.3, -0.25) is 19.8 Å².